The van der Waals surface area contributed by atoms with Gasteiger partial charge in [0.15, 0.2) is 5.78 Å². The van der Waals surface area contributed by atoms with Crippen LogP contribution in [-0.2, 0) is 16.4 Å². The molecular formula is C20H16FNO3S. The molecule has 4 nitrogen and oxygen atoms in total. The van der Waals surface area contributed by atoms with E-state index in [-0.39, 0.29) is 17.1 Å². The first-order chi connectivity index (χ1) is 12.4. The summed E-state index contributed by atoms with van der Waals surface area (Å²) in [4.78, 5) is 12.1. The van der Waals surface area contributed by atoms with E-state index in [0.29, 0.717) is 23.4 Å². The van der Waals surface area contributed by atoms with Crippen molar-refractivity contribution in [2.24, 2.45) is 0 Å². The highest BCUT2D eigenvalue weighted by Gasteiger charge is 2.33. The largest absolute Gasteiger partial charge is 0.294 e. The Morgan fingerprint density at radius 1 is 0.962 bits per heavy atom. The van der Waals surface area contributed by atoms with Gasteiger partial charge in [-0.2, -0.15) is 0 Å². The molecule has 1 aromatic heterocycles. The number of ketones is 1. The first-order valence-corrected chi connectivity index (χ1v) is 9.68. The third-order valence-electron chi connectivity index (χ3n) is 4.70. The highest BCUT2D eigenvalue weighted by Crippen LogP contribution is 2.36. The number of nitrogens with zero attached hydrogens (tertiary/aromatic N) is 1. The Hall–Kier alpha value is -2.73. The van der Waals surface area contributed by atoms with Crippen molar-refractivity contribution in [2.45, 2.75) is 24.7 Å². The standard InChI is InChI=1S/C20H16FNO3S/c1-13-5-2-3-8-16(13)19-12-17-18(9-10-20(17)23)22(19)26(24,25)15-7-4-6-14(21)11-15/h2-8,11-12H,9-10H2,1H3. The molecule has 0 spiro atoms. The van der Waals surface area contributed by atoms with Crippen LogP contribution in [-0.4, -0.2) is 18.2 Å². The SMILES string of the molecule is Cc1ccccc1-c1cc2c(n1S(=O)(=O)c1cccc(F)c1)CCC2=O. The molecule has 0 saturated carbocycles. The van der Waals surface area contributed by atoms with Gasteiger partial charge in [0.05, 0.1) is 10.6 Å². The Labute approximate surface area is 151 Å². The van der Waals surface area contributed by atoms with E-state index in [2.05, 4.69) is 0 Å². The lowest BCUT2D eigenvalue weighted by Gasteiger charge is -2.15. The molecule has 3 aromatic rings. The van der Waals surface area contributed by atoms with Crippen LogP contribution in [0.3, 0.4) is 0 Å². The number of carbonyl (C=O) groups is 1. The molecule has 0 N–H and O–H groups in total. The molecule has 0 bridgehead atoms. The van der Waals surface area contributed by atoms with E-state index < -0.39 is 15.8 Å². The molecule has 1 aliphatic rings. The number of carbonyl (C=O) groups excluding carboxylic acids is 1. The number of hydrogen-bond acceptors (Lipinski definition) is 3. The van der Waals surface area contributed by atoms with Crippen LogP contribution in [0.4, 0.5) is 4.39 Å². The minimum Gasteiger partial charge on any atom is -0.294 e. The van der Waals surface area contributed by atoms with Crippen LogP contribution in [0.15, 0.2) is 59.5 Å². The second-order valence-corrected chi connectivity index (χ2v) is 8.14. The summed E-state index contributed by atoms with van der Waals surface area (Å²) in [5.41, 5.74) is 2.97. The highest BCUT2D eigenvalue weighted by atomic mass is 32.2. The fraction of sp³-hybridized carbons (Fsp3) is 0.150. The van der Waals surface area contributed by atoms with Crippen molar-refractivity contribution in [1.29, 1.82) is 0 Å². The Morgan fingerprint density at radius 2 is 1.73 bits per heavy atom. The Morgan fingerprint density at radius 3 is 2.46 bits per heavy atom. The zero-order valence-electron chi connectivity index (χ0n) is 14.1. The van der Waals surface area contributed by atoms with Crippen molar-refractivity contribution < 1.29 is 17.6 Å². The van der Waals surface area contributed by atoms with Gasteiger partial charge in [0.2, 0.25) is 0 Å². The molecule has 0 fully saturated rings. The number of hydrogen-bond donors (Lipinski definition) is 0. The number of fused-ring (bicyclic) bond motifs is 1. The second-order valence-electron chi connectivity index (χ2n) is 6.35. The molecule has 0 aliphatic heterocycles. The van der Waals surface area contributed by atoms with Crippen LogP contribution < -0.4 is 0 Å². The molecule has 6 heteroatoms. The normalized spacial score (nSPS) is 13.8. The van der Waals surface area contributed by atoms with Crippen LogP contribution in [0.25, 0.3) is 11.3 Å². The van der Waals surface area contributed by atoms with E-state index in [1.54, 1.807) is 6.07 Å². The monoisotopic (exact) mass is 369 g/mol. The fourth-order valence-electron chi connectivity index (χ4n) is 3.43. The van der Waals surface area contributed by atoms with Gasteiger partial charge < -0.3 is 0 Å². The predicted molar refractivity (Wildman–Crippen MR) is 96.2 cm³/mol. The summed E-state index contributed by atoms with van der Waals surface area (Å²) < 4.78 is 41.5. The molecule has 1 heterocycles. The number of aromatic nitrogens is 1. The van der Waals surface area contributed by atoms with E-state index in [1.165, 1.54) is 22.2 Å². The minimum atomic E-state index is -4.04. The molecule has 0 radical (unpaired) electrons. The summed E-state index contributed by atoms with van der Waals surface area (Å²) in [7, 11) is -4.04. The lowest BCUT2D eigenvalue weighted by atomic mass is 10.1. The van der Waals surface area contributed by atoms with Crippen molar-refractivity contribution in [1.82, 2.24) is 3.97 Å². The third kappa shape index (κ3) is 2.49. The minimum absolute atomic E-state index is 0.0666. The summed E-state index contributed by atoms with van der Waals surface area (Å²) in [5.74, 6) is -0.688. The van der Waals surface area contributed by atoms with Crippen LogP contribution in [0.2, 0.25) is 0 Å². The summed E-state index contributed by atoms with van der Waals surface area (Å²) in [6.07, 6.45) is 0.645. The lowest BCUT2D eigenvalue weighted by Crippen LogP contribution is -2.17. The van der Waals surface area contributed by atoms with Gasteiger partial charge in [-0.05, 0) is 43.2 Å². The van der Waals surface area contributed by atoms with Gasteiger partial charge in [0.1, 0.15) is 5.82 Å². The summed E-state index contributed by atoms with van der Waals surface area (Å²) >= 11 is 0. The number of aryl methyl sites for hydroxylation is 1. The highest BCUT2D eigenvalue weighted by molar-refractivity contribution is 7.90. The van der Waals surface area contributed by atoms with Crippen molar-refractivity contribution in [2.75, 3.05) is 0 Å². The third-order valence-corrected chi connectivity index (χ3v) is 6.45. The van der Waals surface area contributed by atoms with Crippen molar-refractivity contribution in [3.63, 3.8) is 0 Å². The van der Waals surface area contributed by atoms with Crippen LogP contribution >= 0.6 is 0 Å². The van der Waals surface area contributed by atoms with Gasteiger partial charge >= 0.3 is 0 Å². The molecule has 0 atom stereocenters. The first kappa shape index (κ1) is 16.7. The number of benzene rings is 2. The quantitative estimate of drug-likeness (QED) is 0.702. The predicted octanol–water partition coefficient (Wildman–Crippen LogP) is 3.97. The van der Waals surface area contributed by atoms with Gasteiger partial charge in [-0.1, -0.05) is 30.3 Å². The number of rotatable bonds is 3. The molecule has 26 heavy (non-hydrogen) atoms. The zero-order chi connectivity index (χ0) is 18.5. The molecule has 0 amide bonds. The second kappa shape index (κ2) is 5.92. The van der Waals surface area contributed by atoms with Crippen molar-refractivity contribution in [3.8, 4) is 11.3 Å². The van der Waals surface area contributed by atoms with Crippen molar-refractivity contribution >= 4 is 15.8 Å². The molecule has 0 unspecified atom stereocenters. The zero-order valence-corrected chi connectivity index (χ0v) is 14.9. The summed E-state index contributed by atoms with van der Waals surface area (Å²) in [6, 6.07) is 14.0. The smallest absolute Gasteiger partial charge is 0.268 e. The lowest BCUT2D eigenvalue weighted by molar-refractivity contribution is 0.0994. The van der Waals surface area contributed by atoms with Crippen LogP contribution in [0.5, 0.6) is 0 Å². The van der Waals surface area contributed by atoms with E-state index in [9.17, 15) is 17.6 Å². The Kier molecular flexibility index (Phi) is 3.80. The van der Waals surface area contributed by atoms with E-state index in [4.69, 9.17) is 0 Å². The van der Waals surface area contributed by atoms with E-state index in [1.807, 2.05) is 31.2 Å². The molecule has 2 aromatic carbocycles. The first-order valence-electron chi connectivity index (χ1n) is 8.24. The summed E-state index contributed by atoms with van der Waals surface area (Å²) in [6.45, 7) is 1.88. The van der Waals surface area contributed by atoms with Gasteiger partial charge in [-0.3, -0.25) is 4.79 Å². The fourth-order valence-corrected chi connectivity index (χ4v) is 5.05. The molecule has 1 aliphatic carbocycles. The maximum atomic E-state index is 13.6. The Balaban J connectivity index is 2.04. The topological polar surface area (TPSA) is 56.1 Å². The van der Waals surface area contributed by atoms with Gasteiger partial charge in [0.25, 0.3) is 10.0 Å². The Bertz CT molecular complexity index is 1150. The van der Waals surface area contributed by atoms with E-state index >= 15 is 0 Å². The van der Waals surface area contributed by atoms with Crippen molar-refractivity contribution in [3.05, 3.63) is 77.2 Å². The van der Waals surface area contributed by atoms with Gasteiger partial charge in [-0.25, -0.2) is 16.8 Å². The number of halogens is 1. The summed E-state index contributed by atoms with van der Waals surface area (Å²) in [5, 5.41) is 0. The maximum Gasteiger partial charge on any atom is 0.268 e. The van der Waals surface area contributed by atoms with E-state index in [0.717, 1.165) is 17.2 Å². The van der Waals surface area contributed by atoms with Crippen LogP contribution in [0.1, 0.15) is 28.0 Å². The van der Waals surface area contributed by atoms with Gasteiger partial charge in [0, 0.05) is 23.2 Å². The average molecular weight is 369 g/mol. The molecule has 0 saturated heterocycles. The number of Topliss-reactive ketones (excluding diaryl/α,β-unsaturated/α-hetero) is 1. The van der Waals surface area contributed by atoms with Crippen LogP contribution in [0, 0.1) is 12.7 Å². The average Bonchev–Trinajstić information content (AvgIpc) is 3.15. The van der Waals surface area contributed by atoms with Gasteiger partial charge in [-0.15, -0.1) is 0 Å². The molecular weight excluding hydrogens is 353 g/mol. The molecule has 4 rings (SSSR count). The maximum absolute atomic E-state index is 13.6. The molecule has 132 valence electrons.